The van der Waals surface area contributed by atoms with Crippen molar-refractivity contribution in [2.45, 2.75) is 26.8 Å². The molecule has 10 nitrogen and oxygen atoms in total. The molecule has 0 radical (unpaired) electrons. The van der Waals surface area contributed by atoms with Gasteiger partial charge in [0.1, 0.15) is 12.1 Å². The lowest BCUT2D eigenvalue weighted by atomic mass is 10.1. The van der Waals surface area contributed by atoms with Gasteiger partial charge in [0.15, 0.2) is 5.82 Å². The van der Waals surface area contributed by atoms with Crippen LogP contribution in [-0.4, -0.2) is 64.5 Å². The van der Waals surface area contributed by atoms with Crippen LogP contribution in [0.4, 0.5) is 15.8 Å². The maximum atomic E-state index is 14.5. The number of aromatic nitrogens is 4. The summed E-state index contributed by atoms with van der Waals surface area (Å²) in [5.74, 6) is -0.924. The third-order valence-corrected chi connectivity index (χ3v) is 5.94. The Balaban J connectivity index is 0.00000156. The Morgan fingerprint density at radius 2 is 2.11 bits per heavy atom. The Labute approximate surface area is 215 Å². The van der Waals surface area contributed by atoms with Crippen LogP contribution < -0.4 is 26.0 Å². The summed E-state index contributed by atoms with van der Waals surface area (Å²) < 4.78 is 21.6. The van der Waals surface area contributed by atoms with Gasteiger partial charge in [0.05, 0.1) is 11.1 Å². The Hall–Kier alpha value is -3.83. The molecule has 37 heavy (non-hydrogen) atoms. The molecule has 0 spiro atoms. The standard InChI is InChI=1S/C24H27FN8O2.C2H6/c1-14-12-33(7-6-27-14)20-4-3-17(22-18(20)11-28-24(30-22)35-8-5-26)23(34)29-16-9-15-13-32(2)31-21(15)19(25)10-16;1-2/h3-4,9-11,13-14,27H,5-8,12,26H2,1-2H3,(H,29,34);1-2H3. The van der Waals surface area contributed by atoms with Crippen LogP contribution in [-0.2, 0) is 7.05 Å². The largest absolute Gasteiger partial charge is 0.462 e. The van der Waals surface area contributed by atoms with Gasteiger partial charge < -0.3 is 26.0 Å². The fraction of sp³-hybridized carbons (Fsp3) is 0.385. The molecule has 2 aromatic heterocycles. The molecule has 1 fully saturated rings. The highest BCUT2D eigenvalue weighted by molar-refractivity contribution is 6.14. The lowest BCUT2D eigenvalue weighted by Crippen LogP contribution is -2.49. The predicted octanol–water partition coefficient (Wildman–Crippen LogP) is 3.07. The Morgan fingerprint density at radius 1 is 1.30 bits per heavy atom. The molecule has 0 aliphatic carbocycles. The van der Waals surface area contributed by atoms with E-state index in [1.165, 1.54) is 10.7 Å². The third-order valence-electron chi connectivity index (χ3n) is 5.94. The maximum absolute atomic E-state index is 14.5. The van der Waals surface area contributed by atoms with E-state index in [1.807, 2.05) is 19.9 Å². The molecule has 1 unspecified atom stereocenters. The summed E-state index contributed by atoms with van der Waals surface area (Å²) in [4.78, 5) is 24.5. The molecule has 3 heterocycles. The van der Waals surface area contributed by atoms with Crippen LogP contribution >= 0.6 is 0 Å². The molecule has 1 aliphatic rings. The van der Waals surface area contributed by atoms with E-state index in [4.69, 9.17) is 10.5 Å². The summed E-state index contributed by atoms with van der Waals surface area (Å²) in [5, 5.41) is 11.7. The molecule has 0 saturated carbocycles. The van der Waals surface area contributed by atoms with Crippen molar-refractivity contribution in [1.82, 2.24) is 25.1 Å². The number of ether oxygens (including phenoxy) is 1. The minimum atomic E-state index is -0.508. The number of hydrogen-bond acceptors (Lipinski definition) is 8. The first-order valence-electron chi connectivity index (χ1n) is 12.5. The van der Waals surface area contributed by atoms with Crippen molar-refractivity contribution in [3.63, 3.8) is 0 Å². The third kappa shape index (κ3) is 5.62. The number of hydrogen-bond donors (Lipinski definition) is 3. The second-order valence-corrected chi connectivity index (χ2v) is 8.64. The van der Waals surface area contributed by atoms with Gasteiger partial charge in [-0.3, -0.25) is 9.48 Å². The lowest BCUT2D eigenvalue weighted by molar-refractivity contribution is 0.102. The molecular weight excluding hydrogens is 475 g/mol. The quantitative estimate of drug-likeness (QED) is 0.363. The highest BCUT2D eigenvalue weighted by Gasteiger charge is 2.22. The van der Waals surface area contributed by atoms with Crippen molar-refractivity contribution >= 4 is 39.1 Å². The van der Waals surface area contributed by atoms with Gasteiger partial charge in [0.2, 0.25) is 0 Å². The molecule has 1 atom stereocenters. The van der Waals surface area contributed by atoms with E-state index in [0.717, 1.165) is 30.7 Å². The number of aryl methyl sites for hydroxylation is 1. The molecule has 11 heteroatoms. The molecule has 0 bridgehead atoms. The van der Waals surface area contributed by atoms with E-state index in [2.05, 4.69) is 37.5 Å². The van der Waals surface area contributed by atoms with Gasteiger partial charge in [-0.2, -0.15) is 10.1 Å². The monoisotopic (exact) mass is 508 g/mol. The molecule has 1 aliphatic heterocycles. The molecule has 1 saturated heterocycles. The van der Waals surface area contributed by atoms with Crippen molar-refractivity contribution in [3.05, 3.63) is 48.0 Å². The first kappa shape index (κ1) is 26.2. The Morgan fingerprint density at radius 3 is 2.86 bits per heavy atom. The van der Waals surface area contributed by atoms with Crippen molar-refractivity contribution in [2.75, 3.05) is 43.0 Å². The van der Waals surface area contributed by atoms with Gasteiger partial charge in [0, 0.05) is 73.8 Å². The molecule has 1 amide bonds. The number of fused-ring (bicyclic) bond motifs is 2. The van der Waals surface area contributed by atoms with E-state index in [9.17, 15) is 9.18 Å². The fourth-order valence-electron chi connectivity index (χ4n) is 4.40. The zero-order chi connectivity index (χ0) is 26.5. The van der Waals surface area contributed by atoms with Gasteiger partial charge in [-0.05, 0) is 31.2 Å². The zero-order valence-electron chi connectivity index (χ0n) is 21.6. The van der Waals surface area contributed by atoms with E-state index >= 15 is 0 Å². The summed E-state index contributed by atoms with van der Waals surface area (Å²) in [6.45, 7) is 9.19. The van der Waals surface area contributed by atoms with Crippen molar-refractivity contribution in [2.24, 2.45) is 12.8 Å². The average molecular weight is 509 g/mol. The van der Waals surface area contributed by atoms with Crippen LogP contribution in [0.5, 0.6) is 6.01 Å². The van der Waals surface area contributed by atoms with Crippen LogP contribution in [0.2, 0.25) is 0 Å². The number of anilines is 2. The van der Waals surface area contributed by atoms with Gasteiger partial charge in [-0.25, -0.2) is 9.37 Å². The topological polar surface area (TPSA) is 123 Å². The number of rotatable bonds is 6. The normalized spacial score (nSPS) is 15.4. The van der Waals surface area contributed by atoms with Crippen molar-refractivity contribution in [3.8, 4) is 6.01 Å². The zero-order valence-corrected chi connectivity index (χ0v) is 21.6. The smallest absolute Gasteiger partial charge is 0.316 e. The van der Waals surface area contributed by atoms with Crippen molar-refractivity contribution in [1.29, 1.82) is 0 Å². The minimum absolute atomic E-state index is 0.144. The number of nitrogens with zero attached hydrogens (tertiary/aromatic N) is 5. The second kappa shape index (κ2) is 11.5. The maximum Gasteiger partial charge on any atom is 0.316 e. The number of nitrogens with one attached hydrogen (secondary N) is 2. The van der Waals surface area contributed by atoms with Crippen LogP contribution in [0.15, 0.2) is 36.7 Å². The Bertz CT molecular complexity index is 1410. The van der Waals surface area contributed by atoms with Crippen LogP contribution in [0.25, 0.3) is 21.8 Å². The fourth-order valence-corrected chi connectivity index (χ4v) is 4.40. The summed E-state index contributed by atoms with van der Waals surface area (Å²) >= 11 is 0. The Kier molecular flexibility index (Phi) is 8.14. The number of carbonyl (C=O) groups excluding carboxylic acids is 1. The van der Waals surface area contributed by atoms with E-state index < -0.39 is 11.7 Å². The van der Waals surface area contributed by atoms with Gasteiger partial charge in [-0.15, -0.1) is 0 Å². The number of benzene rings is 2. The summed E-state index contributed by atoms with van der Waals surface area (Å²) in [6, 6.07) is 7.06. The van der Waals surface area contributed by atoms with E-state index in [0.29, 0.717) is 34.7 Å². The molecule has 4 aromatic rings. The van der Waals surface area contributed by atoms with Gasteiger partial charge in [0.25, 0.3) is 5.91 Å². The molecule has 196 valence electrons. The number of nitrogens with two attached hydrogens (primary N) is 1. The van der Waals surface area contributed by atoms with E-state index in [1.54, 1.807) is 31.6 Å². The molecule has 5 rings (SSSR count). The van der Waals surface area contributed by atoms with Gasteiger partial charge >= 0.3 is 6.01 Å². The van der Waals surface area contributed by atoms with Crippen LogP contribution in [0.1, 0.15) is 31.1 Å². The summed E-state index contributed by atoms with van der Waals surface area (Å²) in [7, 11) is 1.72. The SMILES string of the molecule is CC.CC1CN(c2ccc(C(=O)Nc3cc(F)c4nn(C)cc4c3)c3nc(OCCN)ncc23)CCN1. The highest BCUT2D eigenvalue weighted by Crippen LogP contribution is 2.31. The summed E-state index contributed by atoms with van der Waals surface area (Å²) in [5.41, 5.74) is 7.86. The van der Waals surface area contributed by atoms with Gasteiger partial charge in [-0.1, -0.05) is 13.8 Å². The first-order chi connectivity index (χ1) is 17.9. The predicted molar refractivity (Wildman–Crippen MR) is 144 cm³/mol. The van der Waals surface area contributed by atoms with Crippen LogP contribution in [0, 0.1) is 5.82 Å². The molecule has 4 N–H and O–H groups in total. The average Bonchev–Trinajstić information content (AvgIpc) is 3.28. The van der Waals surface area contributed by atoms with Crippen molar-refractivity contribution < 1.29 is 13.9 Å². The first-order valence-corrected chi connectivity index (χ1v) is 12.5. The number of amides is 1. The van der Waals surface area contributed by atoms with E-state index in [-0.39, 0.29) is 18.1 Å². The lowest BCUT2D eigenvalue weighted by Gasteiger charge is -2.34. The van der Waals surface area contributed by atoms with Crippen LogP contribution in [0.3, 0.4) is 0 Å². The summed E-state index contributed by atoms with van der Waals surface area (Å²) in [6.07, 6.45) is 3.37. The highest BCUT2D eigenvalue weighted by atomic mass is 19.1. The second-order valence-electron chi connectivity index (χ2n) is 8.64. The molecular formula is C26H33FN8O2. The number of carbonyl (C=O) groups is 1. The molecule has 2 aromatic carbocycles. The number of halogens is 1. The minimum Gasteiger partial charge on any atom is -0.462 e. The number of piperazine rings is 1.